The highest BCUT2D eigenvalue weighted by Gasteiger charge is 2.12. The van der Waals surface area contributed by atoms with Gasteiger partial charge in [-0.25, -0.2) is 14.9 Å². The fourth-order valence-electron chi connectivity index (χ4n) is 2.33. The minimum atomic E-state index is -0.393. The third-order valence-electron chi connectivity index (χ3n) is 3.67. The Morgan fingerprint density at radius 3 is 2.50 bits per heavy atom. The molecular formula is C20H18FN3O2. The normalized spacial score (nSPS) is 10.3. The lowest BCUT2D eigenvalue weighted by atomic mass is 10.2. The molecule has 3 rings (SSSR count). The van der Waals surface area contributed by atoms with Crippen molar-refractivity contribution in [3.05, 3.63) is 95.4 Å². The van der Waals surface area contributed by atoms with Crippen LogP contribution in [-0.4, -0.2) is 10.9 Å². The van der Waals surface area contributed by atoms with Gasteiger partial charge in [-0.3, -0.25) is 9.63 Å². The van der Waals surface area contributed by atoms with Crippen molar-refractivity contribution in [2.24, 2.45) is 0 Å². The molecule has 1 amide bonds. The van der Waals surface area contributed by atoms with Crippen molar-refractivity contribution in [2.75, 3.05) is 5.32 Å². The molecule has 0 saturated heterocycles. The van der Waals surface area contributed by atoms with Crippen LogP contribution in [0.5, 0.6) is 0 Å². The van der Waals surface area contributed by atoms with E-state index in [-0.39, 0.29) is 12.4 Å². The summed E-state index contributed by atoms with van der Waals surface area (Å²) in [5.41, 5.74) is 4.62. The average Bonchev–Trinajstić information content (AvgIpc) is 2.68. The maximum Gasteiger partial charge on any atom is 0.278 e. The molecule has 5 nitrogen and oxygen atoms in total. The van der Waals surface area contributed by atoms with Crippen LogP contribution < -0.4 is 10.8 Å². The summed E-state index contributed by atoms with van der Waals surface area (Å²) in [6, 6.07) is 19.0. The number of anilines is 1. The molecule has 0 aliphatic carbocycles. The smallest absolute Gasteiger partial charge is 0.278 e. The number of nitrogens with zero attached hydrogens (tertiary/aromatic N) is 1. The number of pyridine rings is 1. The van der Waals surface area contributed by atoms with Crippen molar-refractivity contribution >= 4 is 11.7 Å². The van der Waals surface area contributed by atoms with Crippen LogP contribution >= 0.6 is 0 Å². The molecule has 0 aliphatic rings. The summed E-state index contributed by atoms with van der Waals surface area (Å²) in [6.45, 7) is 0.688. The van der Waals surface area contributed by atoms with Crippen LogP contribution in [0.15, 0.2) is 72.9 Å². The van der Waals surface area contributed by atoms with E-state index >= 15 is 0 Å². The summed E-state index contributed by atoms with van der Waals surface area (Å²) in [5, 5.41) is 3.09. The zero-order valence-corrected chi connectivity index (χ0v) is 14.0. The lowest BCUT2D eigenvalue weighted by Crippen LogP contribution is -2.25. The van der Waals surface area contributed by atoms with Crippen molar-refractivity contribution in [1.29, 1.82) is 0 Å². The van der Waals surface area contributed by atoms with Crippen molar-refractivity contribution in [2.45, 2.75) is 13.2 Å². The molecule has 2 N–H and O–H groups in total. The number of nitrogens with one attached hydrogen (secondary N) is 2. The molecule has 0 unspecified atom stereocenters. The van der Waals surface area contributed by atoms with E-state index in [0.717, 1.165) is 11.1 Å². The summed E-state index contributed by atoms with van der Waals surface area (Å²) < 4.78 is 13.0. The predicted molar refractivity (Wildman–Crippen MR) is 96.7 cm³/mol. The molecule has 2 aromatic carbocycles. The molecule has 3 aromatic rings. The van der Waals surface area contributed by atoms with Gasteiger partial charge in [-0.2, -0.15) is 0 Å². The van der Waals surface area contributed by atoms with E-state index in [2.05, 4.69) is 15.8 Å². The van der Waals surface area contributed by atoms with E-state index in [1.165, 1.54) is 12.1 Å². The first-order valence-corrected chi connectivity index (χ1v) is 8.12. The number of rotatable bonds is 7. The van der Waals surface area contributed by atoms with Gasteiger partial charge in [0.2, 0.25) is 0 Å². The first-order chi connectivity index (χ1) is 12.7. The Labute approximate surface area is 150 Å². The fraction of sp³-hybridized carbons (Fsp3) is 0.100. The van der Waals surface area contributed by atoms with Crippen LogP contribution in [0, 0.1) is 5.82 Å². The summed E-state index contributed by atoms with van der Waals surface area (Å²) >= 11 is 0. The second kappa shape index (κ2) is 8.73. The van der Waals surface area contributed by atoms with E-state index < -0.39 is 5.91 Å². The summed E-state index contributed by atoms with van der Waals surface area (Å²) in [5.74, 6) is -0.254. The van der Waals surface area contributed by atoms with E-state index in [0.29, 0.717) is 17.9 Å². The molecule has 0 saturated carbocycles. The Hall–Kier alpha value is -3.25. The number of aromatic nitrogens is 1. The predicted octanol–water partition coefficient (Wildman–Crippen LogP) is 3.69. The maximum absolute atomic E-state index is 13.0. The van der Waals surface area contributed by atoms with Gasteiger partial charge >= 0.3 is 0 Å². The number of carbonyl (C=O) groups excluding carboxylic acids is 1. The van der Waals surface area contributed by atoms with Crippen molar-refractivity contribution in [3.63, 3.8) is 0 Å². The highest BCUT2D eigenvalue weighted by molar-refractivity contribution is 5.98. The topological polar surface area (TPSA) is 63.2 Å². The van der Waals surface area contributed by atoms with Gasteiger partial charge in [0.05, 0.1) is 12.2 Å². The number of hydrogen-bond acceptors (Lipinski definition) is 4. The molecule has 26 heavy (non-hydrogen) atoms. The number of halogens is 1. The number of hydroxylamine groups is 1. The van der Waals surface area contributed by atoms with Crippen LogP contribution in [0.2, 0.25) is 0 Å². The van der Waals surface area contributed by atoms with Gasteiger partial charge in [-0.1, -0.05) is 42.5 Å². The SMILES string of the molecule is O=C(NOCc1ccccc1)c1cccnc1NCc1ccc(F)cc1. The minimum Gasteiger partial charge on any atom is -0.365 e. The maximum atomic E-state index is 13.0. The van der Waals surface area contributed by atoms with Crippen molar-refractivity contribution in [3.8, 4) is 0 Å². The Morgan fingerprint density at radius 2 is 1.73 bits per heavy atom. The molecule has 0 fully saturated rings. The van der Waals surface area contributed by atoms with Gasteiger partial charge in [0.1, 0.15) is 11.6 Å². The molecule has 1 heterocycles. The molecule has 0 atom stereocenters. The zero-order chi connectivity index (χ0) is 18.2. The monoisotopic (exact) mass is 351 g/mol. The highest BCUT2D eigenvalue weighted by Crippen LogP contribution is 2.13. The van der Waals surface area contributed by atoms with Gasteiger partial charge in [0.25, 0.3) is 5.91 Å². The Bertz CT molecular complexity index is 854. The van der Waals surface area contributed by atoms with Crippen LogP contribution in [0.4, 0.5) is 10.2 Å². The van der Waals surface area contributed by atoms with E-state index in [1.807, 2.05) is 30.3 Å². The number of carbonyl (C=O) groups is 1. The minimum absolute atomic E-state index is 0.269. The summed E-state index contributed by atoms with van der Waals surface area (Å²) in [4.78, 5) is 21.8. The second-order valence-corrected chi connectivity index (χ2v) is 5.59. The van der Waals surface area contributed by atoms with Crippen LogP contribution in [0.25, 0.3) is 0 Å². The van der Waals surface area contributed by atoms with Gasteiger partial charge in [-0.05, 0) is 35.4 Å². The molecular weight excluding hydrogens is 333 g/mol. The van der Waals surface area contributed by atoms with Gasteiger partial charge in [0.15, 0.2) is 0 Å². The third kappa shape index (κ3) is 4.87. The van der Waals surface area contributed by atoms with Gasteiger partial charge in [0, 0.05) is 12.7 Å². The fourth-order valence-corrected chi connectivity index (χ4v) is 2.33. The Morgan fingerprint density at radius 1 is 0.962 bits per heavy atom. The number of benzene rings is 2. The quantitative estimate of drug-likeness (QED) is 0.637. The van der Waals surface area contributed by atoms with Gasteiger partial charge < -0.3 is 5.32 Å². The third-order valence-corrected chi connectivity index (χ3v) is 3.67. The summed E-state index contributed by atoms with van der Waals surface area (Å²) in [7, 11) is 0. The average molecular weight is 351 g/mol. The summed E-state index contributed by atoms with van der Waals surface area (Å²) in [6.07, 6.45) is 1.59. The van der Waals surface area contributed by atoms with E-state index in [4.69, 9.17) is 4.84 Å². The Balaban J connectivity index is 1.58. The van der Waals surface area contributed by atoms with Crippen molar-refractivity contribution < 1.29 is 14.0 Å². The lowest BCUT2D eigenvalue weighted by molar-refractivity contribution is 0.0234. The number of amides is 1. The molecule has 0 spiro atoms. The Kier molecular flexibility index (Phi) is 5.90. The molecule has 0 bridgehead atoms. The zero-order valence-electron chi connectivity index (χ0n) is 14.0. The first-order valence-electron chi connectivity index (χ1n) is 8.12. The second-order valence-electron chi connectivity index (χ2n) is 5.59. The molecule has 0 radical (unpaired) electrons. The van der Waals surface area contributed by atoms with Crippen LogP contribution in [-0.2, 0) is 18.0 Å². The largest absolute Gasteiger partial charge is 0.365 e. The van der Waals surface area contributed by atoms with E-state index in [1.54, 1.807) is 30.5 Å². The van der Waals surface area contributed by atoms with Gasteiger partial charge in [-0.15, -0.1) is 0 Å². The lowest BCUT2D eigenvalue weighted by Gasteiger charge is -2.11. The van der Waals surface area contributed by atoms with Crippen LogP contribution in [0.1, 0.15) is 21.5 Å². The molecule has 132 valence electrons. The first kappa shape index (κ1) is 17.6. The molecule has 6 heteroatoms. The number of hydrogen-bond donors (Lipinski definition) is 2. The van der Waals surface area contributed by atoms with Crippen molar-refractivity contribution in [1.82, 2.24) is 10.5 Å². The highest BCUT2D eigenvalue weighted by atomic mass is 19.1. The molecule has 0 aliphatic heterocycles. The standard InChI is InChI=1S/C20H18FN3O2/c21-17-10-8-15(9-11-17)13-23-19-18(7-4-12-22-19)20(25)24-26-14-16-5-2-1-3-6-16/h1-12H,13-14H2,(H,22,23)(H,24,25). The van der Waals surface area contributed by atoms with E-state index in [9.17, 15) is 9.18 Å². The molecule has 1 aromatic heterocycles. The van der Waals surface area contributed by atoms with Crippen LogP contribution in [0.3, 0.4) is 0 Å².